The molecule has 3 rings (SSSR count). The van der Waals surface area contributed by atoms with E-state index in [-0.39, 0.29) is 0 Å². The Labute approximate surface area is 103 Å². The Morgan fingerprint density at radius 1 is 1.06 bits per heavy atom. The quantitative estimate of drug-likeness (QED) is 0.670. The lowest BCUT2D eigenvalue weighted by molar-refractivity contribution is 1.11. The lowest BCUT2D eigenvalue weighted by Crippen LogP contribution is -1.94. The highest BCUT2D eigenvalue weighted by Crippen LogP contribution is 2.25. The van der Waals surface area contributed by atoms with Gasteiger partial charge in [-0.3, -0.25) is 4.40 Å². The average Bonchev–Trinajstić information content (AvgIpc) is 2.72. The topological polar surface area (TPSA) is 56.2 Å². The number of hydrogen-bond acceptors (Lipinski definition) is 3. The van der Waals surface area contributed by atoms with Crippen molar-refractivity contribution in [3.8, 4) is 11.4 Å². The first-order valence-electron chi connectivity index (χ1n) is 5.11. The molecule has 2 N–H and O–H groups in total. The number of anilines is 1. The van der Waals surface area contributed by atoms with Gasteiger partial charge in [-0.25, -0.2) is 0 Å². The molecule has 0 aliphatic rings. The summed E-state index contributed by atoms with van der Waals surface area (Å²) in [6, 6.07) is 11.1. The first-order chi connectivity index (χ1) is 8.25. The summed E-state index contributed by atoms with van der Waals surface area (Å²) in [5.41, 5.74) is 8.19. The Balaban J connectivity index is 2.31. The molecular weight excluding hydrogens is 236 g/mol. The Hall–Kier alpha value is -2.07. The van der Waals surface area contributed by atoms with Crippen molar-refractivity contribution in [2.24, 2.45) is 0 Å². The van der Waals surface area contributed by atoms with E-state index in [0.717, 1.165) is 11.2 Å². The summed E-state index contributed by atoms with van der Waals surface area (Å²) in [6.07, 6.45) is 1.78. The van der Waals surface area contributed by atoms with Gasteiger partial charge in [-0.05, 0) is 24.3 Å². The zero-order chi connectivity index (χ0) is 11.8. The average molecular weight is 245 g/mol. The summed E-state index contributed by atoms with van der Waals surface area (Å²) in [4.78, 5) is 0. The van der Waals surface area contributed by atoms with Crippen LogP contribution in [0.25, 0.3) is 17.0 Å². The second kappa shape index (κ2) is 3.75. The third-order valence-electron chi connectivity index (χ3n) is 2.57. The summed E-state index contributed by atoms with van der Waals surface area (Å²) >= 11 is 5.97. The largest absolute Gasteiger partial charge is 0.398 e. The number of hydrogen-bond donors (Lipinski definition) is 1. The molecule has 0 bridgehead atoms. The molecule has 0 atom stereocenters. The van der Waals surface area contributed by atoms with Crippen molar-refractivity contribution in [2.45, 2.75) is 0 Å². The first-order valence-corrected chi connectivity index (χ1v) is 5.48. The number of halogens is 1. The number of nitrogen functional groups attached to an aromatic ring is 1. The second-order valence-corrected chi connectivity index (χ2v) is 4.12. The van der Waals surface area contributed by atoms with Gasteiger partial charge in [0.2, 0.25) is 0 Å². The minimum atomic E-state index is 0.632. The molecule has 0 saturated heterocycles. The van der Waals surface area contributed by atoms with Gasteiger partial charge in [0.1, 0.15) is 0 Å². The molecule has 0 aliphatic heterocycles. The third-order valence-corrected chi connectivity index (χ3v) is 2.79. The fourth-order valence-corrected chi connectivity index (χ4v) is 1.91. The number of rotatable bonds is 1. The molecule has 0 amide bonds. The highest BCUT2D eigenvalue weighted by Gasteiger charge is 2.10. The molecule has 84 valence electrons. The monoisotopic (exact) mass is 244 g/mol. The van der Waals surface area contributed by atoms with Gasteiger partial charge in [0.25, 0.3) is 0 Å². The van der Waals surface area contributed by atoms with Crippen LogP contribution in [-0.2, 0) is 0 Å². The highest BCUT2D eigenvalue weighted by atomic mass is 35.5. The van der Waals surface area contributed by atoms with Crippen molar-refractivity contribution in [3.05, 3.63) is 47.6 Å². The van der Waals surface area contributed by atoms with Crippen molar-refractivity contribution in [3.63, 3.8) is 0 Å². The highest BCUT2D eigenvalue weighted by molar-refractivity contribution is 6.30. The van der Waals surface area contributed by atoms with Crippen LogP contribution in [0.5, 0.6) is 0 Å². The Morgan fingerprint density at radius 2 is 1.88 bits per heavy atom. The van der Waals surface area contributed by atoms with Gasteiger partial charge in [-0.1, -0.05) is 23.7 Å². The molecule has 3 aromatic rings. The van der Waals surface area contributed by atoms with Crippen LogP contribution in [0.2, 0.25) is 5.02 Å². The van der Waals surface area contributed by atoms with Crippen LogP contribution in [-0.4, -0.2) is 14.6 Å². The fraction of sp³-hybridized carbons (Fsp3) is 0. The number of fused-ring (bicyclic) bond motifs is 1. The van der Waals surface area contributed by atoms with Crippen molar-refractivity contribution in [2.75, 3.05) is 5.73 Å². The number of nitrogens with zero attached hydrogens (tertiary/aromatic N) is 3. The zero-order valence-corrected chi connectivity index (χ0v) is 9.59. The van der Waals surface area contributed by atoms with Crippen LogP contribution in [0.1, 0.15) is 0 Å². The van der Waals surface area contributed by atoms with E-state index >= 15 is 0 Å². The molecule has 0 spiro atoms. The summed E-state index contributed by atoms with van der Waals surface area (Å²) in [7, 11) is 0. The molecule has 2 heterocycles. The van der Waals surface area contributed by atoms with Crippen molar-refractivity contribution in [1.29, 1.82) is 0 Å². The standard InChI is InChI=1S/C12H9ClN4/c13-8-5-6-11-15-16-12(17(11)7-8)9-3-1-2-4-10(9)14/h1-7H,14H2. The van der Waals surface area contributed by atoms with Crippen molar-refractivity contribution >= 4 is 22.9 Å². The molecule has 0 fully saturated rings. The Morgan fingerprint density at radius 3 is 2.71 bits per heavy atom. The molecule has 5 heteroatoms. The van der Waals surface area contributed by atoms with Gasteiger partial charge >= 0.3 is 0 Å². The third kappa shape index (κ3) is 1.62. The van der Waals surface area contributed by atoms with E-state index in [1.165, 1.54) is 0 Å². The Bertz CT molecular complexity index is 690. The predicted molar refractivity (Wildman–Crippen MR) is 67.8 cm³/mol. The smallest absolute Gasteiger partial charge is 0.170 e. The number of benzene rings is 1. The van der Waals surface area contributed by atoms with Crippen LogP contribution in [0, 0.1) is 0 Å². The predicted octanol–water partition coefficient (Wildman–Crippen LogP) is 2.63. The van der Waals surface area contributed by atoms with Crippen LogP contribution < -0.4 is 5.73 Å². The van der Waals surface area contributed by atoms with E-state index in [1.54, 1.807) is 12.3 Å². The molecule has 0 unspecified atom stereocenters. The minimum Gasteiger partial charge on any atom is -0.398 e. The van der Waals surface area contributed by atoms with Crippen LogP contribution >= 0.6 is 11.6 Å². The van der Waals surface area contributed by atoms with Gasteiger partial charge in [-0.2, -0.15) is 0 Å². The molecule has 17 heavy (non-hydrogen) atoms. The van der Waals surface area contributed by atoms with Crippen molar-refractivity contribution < 1.29 is 0 Å². The summed E-state index contributed by atoms with van der Waals surface area (Å²) in [5.74, 6) is 0.695. The van der Waals surface area contributed by atoms with E-state index < -0.39 is 0 Å². The minimum absolute atomic E-state index is 0.632. The molecule has 4 nitrogen and oxygen atoms in total. The summed E-state index contributed by atoms with van der Waals surface area (Å²) < 4.78 is 1.83. The SMILES string of the molecule is Nc1ccccc1-c1nnc2ccc(Cl)cn12. The molecule has 0 saturated carbocycles. The number of nitrogens with two attached hydrogens (primary N) is 1. The van der Waals surface area contributed by atoms with Gasteiger partial charge in [0.05, 0.1) is 5.02 Å². The number of pyridine rings is 1. The van der Waals surface area contributed by atoms with E-state index in [4.69, 9.17) is 17.3 Å². The van der Waals surface area contributed by atoms with E-state index in [0.29, 0.717) is 16.5 Å². The van der Waals surface area contributed by atoms with E-state index in [2.05, 4.69) is 10.2 Å². The van der Waals surface area contributed by atoms with E-state index in [9.17, 15) is 0 Å². The van der Waals surface area contributed by atoms with Gasteiger partial charge in [0, 0.05) is 17.4 Å². The van der Waals surface area contributed by atoms with Gasteiger partial charge in [0.15, 0.2) is 11.5 Å². The maximum absolute atomic E-state index is 5.97. The second-order valence-electron chi connectivity index (χ2n) is 3.69. The van der Waals surface area contributed by atoms with E-state index in [1.807, 2.05) is 34.7 Å². The molecule has 1 aromatic carbocycles. The number of para-hydroxylation sites is 1. The van der Waals surface area contributed by atoms with Crippen LogP contribution in [0.15, 0.2) is 42.6 Å². The maximum atomic E-state index is 5.97. The lowest BCUT2D eigenvalue weighted by Gasteiger charge is -2.03. The maximum Gasteiger partial charge on any atom is 0.170 e. The first kappa shape index (κ1) is 10.1. The Kier molecular flexibility index (Phi) is 2.23. The normalized spacial score (nSPS) is 10.9. The summed E-state index contributed by atoms with van der Waals surface area (Å²) in [6.45, 7) is 0. The molecule has 0 aliphatic carbocycles. The fourth-order valence-electron chi connectivity index (χ4n) is 1.75. The molecular formula is C12H9ClN4. The van der Waals surface area contributed by atoms with Crippen LogP contribution in [0.3, 0.4) is 0 Å². The van der Waals surface area contributed by atoms with Gasteiger partial charge < -0.3 is 5.73 Å². The van der Waals surface area contributed by atoms with Crippen molar-refractivity contribution in [1.82, 2.24) is 14.6 Å². The zero-order valence-electron chi connectivity index (χ0n) is 8.84. The van der Waals surface area contributed by atoms with Crippen LogP contribution in [0.4, 0.5) is 5.69 Å². The molecule has 2 aromatic heterocycles. The lowest BCUT2D eigenvalue weighted by atomic mass is 10.2. The van der Waals surface area contributed by atoms with Gasteiger partial charge in [-0.15, -0.1) is 10.2 Å². The summed E-state index contributed by atoms with van der Waals surface area (Å²) in [5, 5.41) is 8.85. The molecule has 0 radical (unpaired) electrons. The number of aromatic nitrogens is 3.